The zero-order valence-electron chi connectivity index (χ0n) is 11.8. The molecule has 110 valence electrons. The molecule has 21 heavy (non-hydrogen) atoms. The van der Waals surface area contributed by atoms with Gasteiger partial charge in [-0.05, 0) is 37.3 Å². The Bertz CT molecular complexity index is 647. The molecular formula is C15H16ClN3O2. The van der Waals surface area contributed by atoms with E-state index in [4.69, 9.17) is 16.3 Å². The first kappa shape index (κ1) is 15.1. The van der Waals surface area contributed by atoms with Gasteiger partial charge in [0, 0.05) is 12.2 Å². The van der Waals surface area contributed by atoms with Crippen molar-refractivity contribution in [1.29, 1.82) is 0 Å². The van der Waals surface area contributed by atoms with Gasteiger partial charge in [-0.3, -0.25) is 4.79 Å². The van der Waals surface area contributed by atoms with Crippen molar-refractivity contribution in [3.63, 3.8) is 0 Å². The molecule has 2 rings (SSSR count). The molecule has 0 bridgehead atoms. The summed E-state index contributed by atoms with van der Waals surface area (Å²) in [6.45, 7) is 2.71. The number of rotatable bonds is 5. The van der Waals surface area contributed by atoms with E-state index in [1.165, 1.54) is 7.11 Å². The SMILES string of the molecule is CCNc1cccc(C(=O)Nc2ccc(OC)c(Cl)c2)n1. The lowest BCUT2D eigenvalue weighted by Crippen LogP contribution is -2.14. The van der Waals surface area contributed by atoms with E-state index in [1.54, 1.807) is 30.3 Å². The second-order valence-electron chi connectivity index (χ2n) is 4.24. The Labute approximate surface area is 128 Å². The van der Waals surface area contributed by atoms with E-state index in [9.17, 15) is 4.79 Å². The highest BCUT2D eigenvalue weighted by atomic mass is 35.5. The fourth-order valence-electron chi connectivity index (χ4n) is 1.78. The van der Waals surface area contributed by atoms with Gasteiger partial charge in [0.2, 0.25) is 0 Å². The van der Waals surface area contributed by atoms with Crippen molar-refractivity contribution < 1.29 is 9.53 Å². The summed E-state index contributed by atoms with van der Waals surface area (Å²) in [5.74, 6) is 0.927. The molecule has 0 spiro atoms. The first-order chi connectivity index (χ1) is 10.1. The molecule has 0 atom stereocenters. The van der Waals surface area contributed by atoms with E-state index < -0.39 is 0 Å². The number of anilines is 2. The van der Waals surface area contributed by atoms with Crippen LogP contribution in [0.3, 0.4) is 0 Å². The zero-order valence-corrected chi connectivity index (χ0v) is 12.6. The molecule has 1 aromatic heterocycles. The molecule has 1 heterocycles. The lowest BCUT2D eigenvalue weighted by Gasteiger charge is -2.09. The van der Waals surface area contributed by atoms with Gasteiger partial charge < -0.3 is 15.4 Å². The summed E-state index contributed by atoms with van der Waals surface area (Å²) in [5.41, 5.74) is 0.918. The Balaban J connectivity index is 2.14. The smallest absolute Gasteiger partial charge is 0.274 e. The van der Waals surface area contributed by atoms with Crippen molar-refractivity contribution in [3.8, 4) is 5.75 Å². The van der Waals surface area contributed by atoms with Crippen LogP contribution in [0.2, 0.25) is 5.02 Å². The van der Waals surface area contributed by atoms with Crippen molar-refractivity contribution in [2.75, 3.05) is 24.3 Å². The Morgan fingerprint density at radius 1 is 1.33 bits per heavy atom. The predicted molar refractivity (Wildman–Crippen MR) is 84.4 cm³/mol. The highest BCUT2D eigenvalue weighted by Crippen LogP contribution is 2.27. The van der Waals surface area contributed by atoms with Crippen LogP contribution >= 0.6 is 11.6 Å². The van der Waals surface area contributed by atoms with Gasteiger partial charge in [-0.15, -0.1) is 0 Å². The topological polar surface area (TPSA) is 63.2 Å². The number of benzene rings is 1. The van der Waals surface area contributed by atoms with E-state index in [-0.39, 0.29) is 5.91 Å². The van der Waals surface area contributed by atoms with Crippen LogP contribution in [0.4, 0.5) is 11.5 Å². The van der Waals surface area contributed by atoms with Crippen molar-refractivity contribution in [3.05, 3.63) is 47.1 Å². The summed E-state index contributed by atoms with van der Waals surface area (Å²) in [7, 11) is 1.54. The largest absolute Gasteiger partial charge is 0.495 e. The maximum Gasteiger partial charge on any atom is 0.274 e. The van der Waals surface area contributed by atoms with Crippen LogP contribution in [0, 0.1) is 0 Å². The second kappa shape index (κ2) is 6.95. The predicted octanol–water partition coefficient (Wildman–Crippen LogP) is 3.43. The molecule has 6 heteroatoms. The summed E-state index contributed by atoms with van der Waals surface area (Å²) in [4.78, 5) is 16.4. The van der Waals surface area contributed by atoms with E-state index in [1.807, 2.05) is 13.0 Å². The normalized spacial score (nSPS) is 10.0. The van der Waals surface area contributed by atoms with Crippen LogP contribution in [0.5, 0.6) is 5.75 Å². The lowest BCUT2D eigenvalue weighted by atomic mass is 10.2. The maximum atomic E-state index is 12.2. The fraction of sp³-hybridized carbons (Fsp3) is 0.200. The van der Waals surface area contributed by atoms with Crippen LogP contribution in [0.15, 0.2) is 36.4 Å². The van der Waals surface area contributed by atoms with E-state index >= 15 is 0 Å². The van der Waals surface area contributed by atoms with Gasteiger partial charge in [0.25, 0.3) is 5.91 Å². The van der Waals surface area contributed by atoms with Crippen LogP contribution in [0.25, 0.3) is 0 Å². The molecule has 5 nitrogen and oxygen atoms in total. The van der Waals surface area contributed by atoms with Crippen molar-refractivity contribution in [2.24, 2.45) is 0 Å². The van der Waals surface area contributed by atoms with E-state index in [2.05, 4.69) is 15.6 Å². The summed E-state index contributed by atoms with van der Waals surface area (Å²) in [6, 6.07) is 10.3. The molecule has 1 amide bonds. The number of nitrogens with zero attached hydrogens (tertiary/aromatic N) is 1. The monoisotopic (exact) mass is 305 g/mol. The fourth-order valence-corrected chi connectivity index (χ4v) is 2.04. The number of pyridine rings is 1. The van der Waals surface area contributed by atoms with Crippen LogP contribution in [-0.2, 0) is 0 Å². The number of nitrogens with one attached hydrogen (secondary N) is 2. The summed E-state index contributed by atoms with van der Waals surface area (Å²) in [5, 5.41) is 6.25. The number of methoxy groups -OCH3 is 1. The maximum absolute atomic E-state index is 12.2. The van der Waals surface area contributed by atoms with Gasteiger partial charge in [-0.2, -0.15) is 0 Å². The third-order valence-electron chi connectivity index (χ3n) is 2.75. The first-order valence-corrected chi connectivity index (χ1v) is 6.87. The van der Waals surface area contributed by atoms with Crippen LogP contribution in [-0.4, -0.2) is 24.5 Å². The van der Waals surface area contributed by atoms with Crippen molar-refractivity contribution >= 4 is 29.0 Å². The van der Waals surface area contributed by atoms with Gasteiger partial charge in [-0.25, -0.2) is 4.98 Å². The number of aromatic nitrogens is 1. The Morgan fingerprint density at radius 3 is 2.81 bits per heavy atom. The number of hydrogen-bond acceptors (Lipinski definition) is 4. The highest BCUT2D eigenvalue weighted by molar-refractivity contribution is 6.32. The van der Waals surface area contributed by atoms with Crippen molar-refractivity contribution in [2.45, 2.75) is 6.92 Å². The molecule has 0 aliphatic heterocycles. The molecule has 0 saturated carbocycles. The van der Waals surface area contributed by atoms with E-state index in [0.717, 1.165) is 6.54 Å². The summed E-state index contributed by atoms with van der Waals surface area (Å²) < 4.78 is 5.07. The quantitative estimate of drug-likeness (QED) is 0.888. The van der Waals surface area contributed by atoms with Crippen LogP contribution in [0.1, 0.15) is 17.4 Å². The molecule has 0 unspecified atom stereocenters. The number of carbonyl (C=O) groups excluding carboxylic acids is 1. The number of hydrogen-bond donors (Lipinski definition) is 2. The van der Waals surface area contributed by atoms with E-state index in [0.29, 0.717) is 28.0 Å². The Hall–Kier alpha value is -2.27. The Kier molecular flexibility index (Phi) is 5.00. The van der Waals surface area contributed by atoms with Gasteiger partial charge in [-0.1, -0.05) is 17.7 Å². The molecule has 0 fully saturated rings. The molecule has 1 aromatic carbocycles. The summed E-state index contributed by atoms with van der Waals surface area (Å²) >= 11 is 6.02. The summed E-state index contributed by atoms with van der Waals surface area (Å²) in [6.07, 6.45) is 0. The average molecular weight is 306 g/mol. The van der Waals surface area contributed by atoms with Crippen molar-refractivity contribution in [1.82, 2.24) is 4.98 Å². The minimum absolute atomic E-state index is 0.295. The Morgan fingerprint density at radius 2 is 2.14 bits per heavy atom. The first-order valence-electron chi connectivity index (χ1n) is 6.50. The minimum atomic E-state index is -0.295. The minimum Gasteiger partial charge on any atom is -0.495 e. The molecule has 0 radical (unpaired) electrons. The molecular weight excluding hydrogens is 290 g/mol. The molecule has 2 N–H and O–H groups in total. The number of ether oxygens (including phenoxy) is 1. The van der Waals surface area contributed by atoms with Crippen LogP contribution < -0.4 is 15.4 Å². The molecule has 2 aromatic rings. The van der Waals surface area contributed by atoms with Gasteiger partial charge in [0.05, 0.1) is 12.1 Å². The molecule has 0 aliphatic rings. The third-order valence-corrected chi connectivity index (χ3v) is 3.04. The third kappa shape index (κ3) is 3.86. The number of halogens is 1. The molecule has 0 saturated heterocycles. The van der Waals surface area contributed by atoms with Gasteiger partial charge in [0.1, 0.15) is 17.3 Å². The number of amides is 1. The van der Waals surface area contributed by atoms with Gasteiger partial charge in [0.15, 0.2) is 0 Å². The lowest BCUT2D eigenvalue weighted by molar-refractivity contribution is 0.102. The van der Waals surface area contributed by atoms with Gasteiger partial charge >= 0.3 is 0 Å². The molecule has 0 aliphatic carbocycles. The average Bonchev–Trinajstić information content (AvgIpc) is 2.48. The zero-order chi connectivity index (χ0) is 15.2. The number of carbonyl (C=O) groups is 1. The second-order valence-corrected chi connectivity index (χ2v) is 4.65. The standard InChI is InChI=1S/C15H16ClN3O2/c1-3-17-14-6-4-5-12(19-14)15(20)18-10-7-8-13(21-2)11(16)9-10/h4-9H,3H2,1-2H3,(H,17,19)(H,18,20). The highest BCUT2D eigenvalue weighted by Gasteiger charge is 2.10.